The predicted molar refractivity (Wildman–Crippen MR) is 122 cm³/mol. The number of carbonyl (C=O) groups is 3. The summed E-state index contributed by atoms with van der Waals surface area (Å²) in [5.41, 5.74) is 3.57. The molecule has 182 valence electrons. The Labute approximate surface area is 197 Å². The zero-order valence-corrected chi connectivity index (χ0v) is 20.2. The van der Waals surface area contributed by atoms with Crippen molar-refractivity contribution in [1.29, 1.82) is 0 Å². The van der Waals surface area contributed by atoms with Gasteiger partial charge in [0.1, 0.15) is 28.1 Å². The first-order valence-corrected chi connectivity index (χ1v) is 10.6. The second-order valence-corrected chi connectivity index (χ2v) is 9.65. The summed E-state index contributed by atoms with van der Waals surface area (Å²) in [6.07, 6.45) is -2.71. The van der Waals surface area contributed by atoms with Crippen LogP contribution in [0.25, 0.3) is 0 Å². The molecule has 1 aliphatic rings. The molecule has 1 aromatic rings. The van der Waals surface area contributed by atoms with Gasteiger partial charge in [-0.25, -0.2) is 24.2 Å². The van der Waals surface area contributed by atoms with Gasteiger partial charge >= 0.3 is 18.3 Å². The summed E-state index contributed by atoms with van der Waals surface area (Å²) in [6, 6.07) is 3.99. The van der Waals surface area contributed by atoms with Crippen molar-refractivity contribution in [3.63, 3.8) is 0 Å². The molecule has 12 heteroatoms. The standard InChI is InChI=1S/C21H29FN4O6S/c1-20(2,3)31-17(27)23-10-13-11-26(19(29)30-13)12-7-8-14(15(22)9-12)16(33)24-25-18(28)32-21(4,5)6/h7-9,13H,10-11H2,1-6H3,(H,23,27)(H,24,33)(H,25,28)/t13-/m1/s1. The molecule has 0 bridgehead atoms. The molecule has 1 heterocycles. The maximum Gasteiger partial charge on any atom is 0.426 e. The topological polar surface area (TPSA) is 118 Å². The van der Waals surface area contributed by atoms with E-state index in [2.05, 4.69) is 16.2 Å². The monoisotopic (exact) mass is 484 g/mol. The first kappa shape index (κ1) is 26.1. The predicted octanol–water partition coefficient (Wildman–Crippen LogP) is 3.38. The van der Waals surface area contributed by atoms with Gasteiger partial charge in [-0.2, -0.15) is 0 Å². The highest BCUT2D eigenvalue weighted by molar-refractivity contribution is 7.80. The van der Waals surface area contributed by atoms with Gasteiger partial charge in [-0.15, -0.1) is 0 Å². The minimum atomic E-state index is -0.771. The third kappa shape index (κ3) is 8.37. The molecular weight excluding hydrogens is 455 g/mol. The molecule has 1 fully saturated rings. The van der Waals surface area contributed by atoms with Crippen LogP contribution < -0.4 is 21.1 Å². The average Bonchev–Trinajstić information content (AvgIpc) is 3.02. The van der Waals surface area contributed by atoms with Crippen molar-refractivity contribution in [2.24, 2.45) is 0 Å². The van der Waals surface area contributed by atoms with Crippen molar-refractivity contribution in [2.75, 3.05) is 18.0 Å². The summed E-state index contributed by atoms with van der Waals surface area (Å²) < 4.78 is 30.1. The van der Waals surface area contributed by atoms with Crippen molar-refractivity contribution in [2.45, 2.75) is 58.8 Å². The molecule has 0 unspecified atom stereocenters. The molecule has 0 spiro atoms. The molecule has 1 aromatic carbocycles. The molecule has 0 aliphatic carbocycles. The molecule has 0 radical (unpaired) electrons. The fourth-order valence-electron chi connectivity index (χ4n) is 2.68. The van der Waals surface area contributed by atoms with Crippen LogP contribution >= 0.6 is 12.2 Å². The van der Waals surface area contributed by atoms with Gasteiger partial charge in [-0.3, -0.25) is 10.3 Å². The lowest BCUT2D eigenvalue weighted by Gasteiger charge is -2.20. The minimum absolute atomic E-state index is 0.0144. The number of hydrazine groups is 1. The van der Waals surface area contributed by atoms with E-state index in [0.29, 0.717) is 0 Å². The Balaban J connectivity index is 1.94. The van der Waals surface area contributed by atoms with E-state index in [-0.39, 0.29) is 29.3 Å². The Hall–Kier alpha value is -3.15. The number of ether oxygens (including phenoxy) is 3. The number of alkyl carbamates (subject to hydrolysis) is 1. The number of nitrogens with one attached hydrogen (secondary N) is 3. The van der Waals surface area contributed by atoms with Gasteiger partial charge in [0, 0.05) is 5.56 Å². The van der Waals surface area contributed by atoms with E-state index in [1.165, 1.54) is 17.0 Å². The van der Waals surface area contributed by atoms with Crippen LogP contribution in [0.5, 0.6) is 0 Å². The normalized spacial score (nSPS) is 16.0. The van der Waals surface area contributed by atoms with E-state index >= 15 is 0 Å². The number of amides is 3. The van der Waals surface area contributed by atoms with E-state index in [1.807, 2.05) is 0 Å². The van der Waals surface area contributed by atoms with Crippen LogP contribution in [0, 0.1) is 5.82 Å². The first-order chi connectivity index (χ1) is 15.1. The van der Waals surface area contributed by atoms with Gasteiger partial charge < -0.3 is 19.5 Å². The van der Waals surface area contributed by atoms with Gasteiger partial charge in [0.2, 0.25) is 0 Å². The lowest BCUT2D eigenvalue weighted by molar-refractivity contribution is 0.0492. The number of halogens is 1. The number of cyclic esters (lactones) is 1. The van der Waals surface area contributed by atoms with Crippen molar-refractivity contribution >= 4 is 41.2 Å². The van der Waals surface area contributed by atoms with Gasteiger partial charge in [0.05, 0.1) is 18.8 Å². The molecule has 1 atom stereocenters. The highest BCUT2D eigenvalue weighted by Gasteiger charge is 2.33. The molecule has 10 nitrogen and oxygen atoms in total. The molecule has 1 saturated heterocycles. The smallest absolute Gasteiger partial charge is 0.426 e. The summed E-state index contributed by atoms with van der Waals surface area (Å²) in [6.45, 7) is 10.4. The summed E-state index contributed by atoms with van der Waals surface area (Å²) >= 11 is 5.11. The number of hydrogen-bond acceptors (Lipinski definition) is 7. The van der Waals surface area contributed by atoms with Crippen LogP contribution in [0.15, 0.2) is 18.2 Å². The molecule has 3 amide bonds. The Bertz CT molecular complexity index is 928. The summed E-state index contributed by atoms with van der Waals surface area (Å²) in [4.78, 5) is 36.8. The SMILES string of the molecule is CC(C)(C)OC(=O)NC[C@@H]1CN(c2ccc(C(=S)NNC(=O)OC(C)(C)C)c(F)c2)C(=O)O1. The van der Waals surface area contributed by atoms with Crippen molar-refractivity contribution in [1.82, 2.24) is 16.2 Å². The second-order valence-electron chi connectivity index (χ2n) is 9.24. The number of thiocarbonyl (C=S) groups is 1. The van der Waals surface area contributed by atoms with E-state index in [0.717, 1.165) is 6.07 Å². The molecule has 33 heavy (non-hydrogen) atoms. The Morgan fingerprint density at radius 3 is 2.30 bits per heavy atom. The molecule has 0 aromatic heterocycles. The Morgan fingerprint density at radius 2 is 1.73 bits per heavy atom. The lowest BCUT2D eigenvalue weighted by atomic mass is 10.1. The molecule has 0 saturated carbocycles. The van der Waals surface area contributed by atoms with Crippen molar-refractivity contribution in [3.8, 4) is 0 Å². The zero-order chi connectivity index (χ0) is 25.0. The summed E-state index contributed by atoms with van der Waals surface area (Å²) in [5, 5.41) is 2.54. The third-order valence-corrected chi connectivity index (χ3v) is 4.25. The highest BCUT2D eigenvalue weighted by Crippen LogP contribution is 2.24. The fraction of sp³-hybridized carbons (Fsp3) is 0.524. The van der Waals surface area contributed by atoms with E-state index in [4.69, 9.17) is 26.4 Å². The second kappa shape index (κ2) is 10.2. The van der Waals surface area contributed by atoms with Gasteiger partial charge in [0.25, 0.3) is 0 Å². The Morgan fingerprint density at radius 1 is 1.12 bits per heavy atom. The van der Waals surface area contributed by atoms with E-state index in [1.54, 1.807) is 41.5 Å². The number of benzene rings is 1. The molecule has 2 rings (SSSR count). The highest BCUT2D eigenvalue weighted by atomic mass is 32.1. The third-order valence-electron chi connectivity index (χ3n) is 3.93. The van der Waals surface area contributed by atoms with Crippen molar-refractivity contribution < 1.29 is 33.0 Å². The maximum absolute atomic E-state index is 14.7. The lowest BCUT2D eigenvalue weighted by Crippen LogP contribution is -2.44. The quantitative estimate of drug-likeness (QED) is 0.338. The largest absolute Gasteiger partial charge is 0.444 e. The van der Waals surface area contributed by atoms with Crippen LogP contribution in [0.3, 0.4) is 0 Å². The molecule has 1 aliphatic heterocycles. The number of rotatable bonds is 4. The Kier molecular flexibility index (Phi) is 8.06. The first-order valence-electron chi connectivity index (χ1n) is 10.2. The summed E-state index contributed by atoms with van der Waals surface area (Å²) in [7, 11) is 0. The van der Waals surface area contributed by atoms with E-state index < -0.39 is 41.4 Å². The van der Waals surface area contributed by atoms with Crippen LogP contribution in [-0.4, -0.2) is 53.7 Å². The molecular formula is C21H29FN4O6S. The fourth-order valence-corrected chi connectivity index (χ4v) is 2.90. The van der Waals surface area contributed by atoms with Crippen LogP contribution in [0.2, 0.25) is 0 Å². The van der Waals surface area contributed by atoms with Gasteiger partial charge in [-0.1, -0.05) is 12.2 Å². The average molecular weight is 485 g/mol. The number of anilines is 1. The van der Waals surface area contributed by atoms with Gasteiger partial charge in [0.15, 0.2) is 0 Å². The van der Waals surface area contributed by atoms with Crippen LogP contribution in [0.1, 0.15) is 47.1 Å². The van der Waals surface area contributed by atoms with E-state index in [9.17, 15) is 18.8 Å². The molecule has 3 N–H and O–H groups in total. The summed E-state index contributed by atoms with van der Waals surface area (Å²) in [5.74, 6) is -0.709. The number of nitrogens with zero attached hydrogens (tertiary/aromatic N) is 1. The minimum Gasteiger partial charge on any atom is -0.444 e. The number of hydrogen-bond donors (Lipinski definition) is 3. The van der Waals surface area contributed by atoms with Gasteiger partial charge in [-0.05, 0) is 59.7 Å². The van der Waals surface area contributed by atoms with Crippen LogP contribution in [-0.2, 0) is 14.2 Å². The van der Waals surface area contributed by atoms with Crippen LogP contribution in [0.4, 0.5) is 24.5 Å². The maximum atomic E-state index is 14.7. The number of carbonyl (C=O) groups excluding carboxylic acids is 3. The van der Waals surface area contributed by atoms with Crippen molar-refractivity contribution in [3.05, 3.63) is 29.6 Å². The zero-order valence-electron chi connectivity index (χ0n) is 19.4.